The summed E-state index contributed by atoms with van der Waals surface area (Å²) in [5.41, 5.74) is 0. The van der Waals surface area contributed by atoms with Crippen molar-refractivity contribution in [1.29, 1.82) is 0 Å². The minimum Gasteiger partial charge on any atom is -0.400 e. The van der Waals surface area contributed by atoms with Crippen LogP contribution < -0.4 is 0 Å². The van der Waals surface area contributed by atoms with Gasteiger partial charge in [-0.2, -0.15) is 0 Å². The van der Waals surface area contributed by atoms with Gasteiger partial charge < -0.3 is 5.11 Å². The maximum Gasteiger partial charge on any atom is 0.0319 e. The van der Waals surface area contributed by atoms with Crippen molar-refractivity contribution >= 4 is 0 Å². The van der Waals surface area contributed by atoms with Gasteiger partial charge in [-0.3, -0.25) is 0 Å². The highest BCUT2D eigenvalue weighted by Gasteiger charge is 2.20. The van der Waals surface area contributed by atoms with E-state index in [2.05, 4.69) is 0 Å². The molecule has 0 aromatic carbocycles. The predicted octanol–water partition coefficient (Wildman–Crippen LogP) is 7.22. The van der Waals surface area contributed by atoms with Crippen molar-refractivity contribution < 1.29 is 5.11 Å². The molecule has 2 aliphatic rings. The van der Waals surface area contributed by atoms with E-state index >= 15 is 0 Å². The van der Waals surface area contributed by atoms with Gasteiger partial charge in [0.25, 0.3) is 0 Å². The van der Waals surface area contributed by atoms with Crippen molar-refractivity contribution in [2.45, 2.75) is 112 Å². The molecule has 0 heterocycles. The van der Waals surface area contributed by atoms with Crippen LogP contribution >= 0.6 is 0 Å². The molecular weight excluding hydrogens is 256 g/mol. The Hall–Kier alpha value is -0.0400. The number of aliphatic hydroxyl groups is 1. The van der Waals surface area contributed by atoms with Gasteiger partial charge in [0.1, 0.15) is 0 Å². The van der Waals surface area contributed by atoms with Crippen molar-refractivity contribution in [3.05, 3.63) is 0 Å². The van der Waals surface area contributed by atoms with Crippen LogP contribution in [0.5, 0.6) is 0 Å². The van der Waals surface area contributed by atoms with E-state index in [9.17, 15) is 0 Å². The molecule has 2 rings (SSSR count). The molecule has 2 fully saturated rings. The Labute approximate surface area is 136 Å². The topological polar surface area (TPSA) is 20.2 Å². The highest BCUT2D eigenvalue weighted by molar-refractivity contribution is 4.73. The molecule has 0 bridgehead atoms. The first-order valence-corrected chi connectivity index (χ1v) is 9.90. The highest BCUT2D eigenvalue weighted by atomic mass is 16.2. The third kappa shape index (κ3) is 16.2. The lowest BCUT2D eigenvalue weighted by molar-refractivity contribution is 0.244. The van der Waals surface area contributed by atoms with Crippen molar-refractivity contribution in [1.82, 2.24) is 0 Å². The molecule has 132 valence electrons. The molecular formula is C20H46O. The fraction of sp³-hybridized carbons (Fsp3) is 1.00. The first kappa shape index (κ1) is 25.9. The van der Waals surface area contributed by atoms with Crippen molar-refractivity contribution in [2.75, 3.05) is 7.11 Å². The molecule has 0 aromatic rings. The molecule has 0 atom stereocenters. The molecule has 0 radical (unpaired) electrons. The Morgan fingerprint density at radius 3 is 1.00 bits per heavy atom. The van der Waals surface area contributed by atoms with E-state index < -0.39 is 0 Å². The summed E-state index contributed by atoms with van der Waals surface area (Å²) in [7, 11) is 1.00. The average molecular weight is 303 g/mol. The van der Waals surface area contributed by atoms with Crippen molar-refractivity contribution in [2.24, 2.45) is 11.8 Å². The van der Waals surface area contributed by atoms with Crippen LogP contribution in [0, 0.1) is 11.8 Å². The van der Waals surface area contributed by atoms with Gasteiger partial charge in [0.15, 0.2) is 0 Å². The summed E-state index contributed by atoms with van der Waals surface area (Å²) in [6.45, 7) is 12.0. The lowest BCUT2D eigenvalue weighted by Gasteiger charge is -2.28. The number of aliphatic hydroxyl groups excluding tert-OH is 1. The van der Waals surface area contributed by atoms with E-state index in [1.807, 2.05) is 41.5 Å². The van der Waals surface area contributed by atoms with Gasteiger partial charge >= 0.3 is 0 Å². The second-order valence-electron chi connectivity index (χ2n) is 5.24. The largest absolute Gasteiger partial charge is 0.400 e. The minimum atomic E-state index is 1.00. The Morgan fingerprint density at radius 1 is 0.524 bits per heavy atom. The van der Waals surface area contributed by atoms with Crippen molar-refractivity contribution in [3.63, 3.8) is 0 Å². The summed E-state index contributed by atoms with van der Waals surface area (Å²) in [5.74, 6) is 2.24. The second kappa shape index (κ2) is 24.9. The normalized spacial score (nSPS) is 18.3. The van der Waals surface area contributed by atoms with Gasteiger partial charge in [0, 0.05) is 7.11 Å². The van der Waals surface area contributed by atoms with Gasteiger partial charge in [0.2, 0.25) is 0 Å². The summed E-state index contributed by atoms with van der Waals surface area (Å²) in [5, 5.41) is 7.00. The molecule has 1 N–H and O–H groups in total. The zero-order valence-electron chi connectivity index (χ0n) is 16.4. The second-order valence-corrected chi connectivity index (χ2v) is 5.24. The maximum atomic E-state index is 7.00. The van der Waals surface area contributed by atoms with E-state index in [1.165, 1.54) is 38.5 Å². The number of hydrogen-bond donors (Lipinski definition) is 1. The molecule has 1 heteroatoms. The molecule has 2 aliphatic carbocycles. The maximum absolute atomic E-state index is 7.00. The third-order valence-corrected chi connectivity index (χ3v) is 4.12. The SMILES string of the molecule is C1CCC(CC2CCCCC2)CC1.CC.CC.CC.CO. The van der Waals surface area contributed by atoms with Crippen LogP contribution in [0.25, 0.3) is 0 Å². The fourth-order valence-electron chi connectivity index (χ4n) is 3.32. The van der Waals surface area contributed by atoms with Crippen LogP contribution in [0.15, 0.2) is 0 Å². The summed E-state index contributed by atoms with van der Waals surface area (Å²) in [4.78, 5) is 0. The van der Waals surface area contributed by atoms with E-state index in [0.717, 1.165) is 18.9 Å². The van der Waals surface area contributed by atoms with Gasteiger partial charge in [0.05, 0.1) is 0 Å². The number of rotatable bonds is 2. The smallest absolute Gasteiger partial charge is 0.0319 e. The fourth-order valence-corrected chi connectivity index (χ4v) is 3.32. The Kier molecular flexibility index (Phi) is 30.8. The van der Waals surface area contributed by atoms with Crippen LogP contribution in [0.4, 0.5) is 0 Å². The van der Waals surface area contributed by atoms with Crippen molar-refractivity contribution in [3.8, 4) is 0 Å². The van der Waals surface area contributed by atoms with Crippen LogP contribution in [0.3, 0.4) is 0 Å². The summed E-state index contributed by atoms with van der Waals surface area (Å²) < 4.78 is 0. The van der Waals surface area contributed by atoms with Crippen LogP contribution in [0.1, 0.15) is 112 Å². The zero-order chi connectivity index (χ0) is 16.9. The summed E-state index contributed by atoms with van der Waals surface area (Å²) in [6, 6.07) is 0. The molecule has 0 spiro atoms. The first-order valence-electron chi connectivity index (χ1n) is 9.90. The Bertz CT molecular complexity index is 117. The lowest BCUT2D eigenvalue weighted by Crippen LogP contribution is -2.14. The van der Waals surface area contributed by atoms with Gasteiger partial charge in [-0.25, -0.2) is 0 Å². The van der Waals surface area contributed by atoms with Crippen LogP contribution in [0.2, 0.25) is 0 Å². The molecule has 0 saturated heterocycles. The summed E-state index contributed by atoms with van der Waals surface area (Å²) >= 11 is 0. The molecule has 1 nitrogen and oxygen atoms in total. The summed E-state index contributed by atoms with van der Waals surface area (Å²) in [6.07, 6.45) is 16.9. The molecule has 2 saturated carbocycles. The lowest BCUT2D eigenvalue weighted by atomic mass is 9.78. The molecule has 0 aromatic heterocycles. The standard InChI is InChI=1S/C13H24.3C2H6.CH4O/c1-3-7-12(8-4-1)11-13-9-5-2-6-10-13;4*1-2/h12-13H,1-11H2;3*1-2H3;2H,1H3. The third-order valence-electron chi connectivity index (χ3n) is 4.12. The molecule has 0 amide bonds. The van der Waals surface area contributed by atoms with E-state index in [4.69, 9.17) is 5.11 Å². The Balaban J connectivity index is -0.000000353. The van der Waals surface area contributed by atoms with E-state index in [0.29, 0.717) is 0 Å². The monoisotopic (exact) mass is 302 g/mol. The number of hydrogen-bond acceptors (Lipinski definition) is 1. The zero-order valence-corrected chi connectivity index (χ0v) is 16.4. The first-order chi connectivity index (χ1) is 10.4. The highest BCUT2D eigenvalue weighted by Crippen LogP contribution is 2.34. The van der Waals surface area contributed by atoms with E-state index in [1.54, 1.807) is 32.1 Å². The predicted molar refractivity (Wildman–Crippen MR) is 100.0 cm³/mol. The van der Waals surface area contributed by atoms with Gasteiger partial charge in [-0.05, 0) is 18.3 Å². The average Bonchev–Trinajstić information content (AvgIpc) is 2.64. The molecule has 21 heavy (non-hydrogen) atoms. The van der Waals surface area contributed by atoms with E-state index in [-0.39, 0.29) is 0 Å². The van der Waals surface area contributed by atoms with Gasteiger partial charge in [-0.15, -0.1) is 0 Å². The molecule has 0 aliphatic heterocycles. The molecule has 0 unspecified atom stereocenters. The Morgan fingerprint density at radius 2 is 0.762 bits per heavy atom. The minimum absolute atomic E-state index is 1.00. The van der Waals surface area contributed by atoms with Crippen LogP contribution in [-0.2, 0) is 0 Å². The van der Waals surface area contributed by atoms with Crippen LogP contribution in [-0.4, -0.2) is 12.2 Å². The van der Waals surface area contributed by atoms with Gasteiger partial charge in [-0.1, -0.05) is 106 Å². The quantitative estimate of drug-likeness (QED) is 0.570.